The molecule has 1 heterocycles. The lowest BCUT2D eigenvalue weighted by atomic mass is 10.4. The van der Waals surface area contributed by atoms with Crippen LogP contribution in [0, 0.1) is 0 Å². The molecule has 0 aromatic carbocycles. The largest absolute Gasteiger partial charge is 0.396 e. The standard InChI is InChI=1S/C9H13N3O2/c1-2-14-6-8(13)12-9-7(10)4-3-5-11-9/h3-5H,2,6,10H2,1H3,(H,11,12,13). The van der Waals surface area contributed by atoms with Crippen molar-refractivity contribution in [2.45, 2.75) is 6.92 Å². The fourth-order valence-corrected chi connectivity index (χ4v) is 0.885. The number of hydrogen-bond donors (Lipinski definition) is 2. The molecule has 0 bridgehead atoms. The van der Waals surface area contributed by atoms with Crippen molar-refractivity contribution < 1.29 is 9.53 Å². The SMILES string of the molecule is CCOCC(=O)Nc1ncccc1N. The molecule has 1 rings (SSSR count). The number of carbonyl (C=O) groups is 1. The third-order valence-electron chi connectivity index (χ3n) is 1.53. The molecule has 0 unspecified atom stereocenters. The summed E-state index contributed by atoms with van der Waals surface area (Å²) < 4.78 is 4.93. The molecule has 0 aliphatic carbocycles. The molecule has 5 nitrogen and oxygen atoms in total. The number of hydrogen-bond acceptors (Lipinski definition) is 4. The summed E-state index contributed by atoms with van der Waals surface area (Å²) >= 11 is 0. The van der Waals surface area contributed by atoms with E-state index in [0.29, 0.717) is 18.1 Å². The van der Waals surface area contributed by atoms with E-state index in [2.05, 4.69) is 10.3 Å². The molecule has 14 heavy (non-hydrogen) atoms. The molecule has 1 aromatic heterocycles. The molecule has 1 amide bonds. The maximum absolute atomic E-state index is 11.2. The monoisotopic (exact) mass is 195 g/mol. The second-order valence-corrected chi connectivity index (χ2v) is 2.63. The van der Waals surface area contributed by atoms with Crippen molar-refractivity contribution in [2.24, 2.45) is 0 Å². The molecular formula is C9H13N3O2. The second-order valence-electron chi connectivity index (χ2n) is 2.63. The predicted molar refractivity (Wildman–Crippen MR) is 53.8 cm³/mol. The van der Waals surface area contributed by atoms with E-state index >= 15 is 0 Å². The second kappa shape index (κ2) is 5.18. The smallest absolute Gasteiger partial charge is 0.251 e. The maximum Gasteiger partial charge on any atom is 0.251 e. The van der Waals surface area contributed by atoms with Crippen LogP contribution in [0.25, 0.3) is 0 Å². The third kappa shape index (κ3) is 3.02. The number of amides is 1. The van der Waals surface area contributed by atoms with Gasteiger partial charge in [-0.1, -0.05) is 0 Å². The van der Waals surface area contributed by atoms with Gasteiger partial charge < -0.3 is 15.8 Å². The van der Waals surface area contributed by atoms with Crippen LogP contribution in [0.3, 0.4) is 0 Å². The number of carbonyl (C=O) groups excluding carboxylic acids is 1. The number of nitrogens with zero attached hydrogens (tertiary/aromatic N) is 1. The summed E-state index contributed by atoms with van der Waals surface area (Å²) in [5, 5.41) is 2.54. The molecule has 0 fully saturated rings. The van der Waals surface area contributed by atoms with Crippen molar-refractivity contribution in [1.29, 1.82) is 0 Å². The first kappa shape index (κ1) is 10.5. The van der Waals surface area contributed by atoms with Crippen LogP contribution >= 0.6 is 0 Å². The first-order chi connectivity index (χ1) is 6.74. The molecule has 0 aliphatic heterocycles. The zero-order valence-electron chi connectivity index (χ0n) is 7.99. The van der Waals surface area contributed by atoms with E-state index in [9.17, 15) is 4.79 Å². The van der Waals surface area contributed by atoms with Crippen LogP contribution in [0.5, 0.6) is 0 Å². The van der Waals surface area contributed by atoms with Crippen LogP contribution in [0.4, 0.5) is 11.5 Å². The van der Waals surface area contributed by atoms with Crippen LogP contribution in [0.15, 0.2) is 18.3 Å². The Morgan fingerprint density at radius 1 is 1.71 bits per heavy atom. The summed E-state index contributed by atoms with van der Waals surface area (Å²) in [6, 6.07) is 3.37. The Morgan fingerprint density at radius 2 is 2.50 bits per heavy atom. The minimum Gasteiger partial charge on any atom is -0.396 e. The highest BCUT2D eigenvalue weighted by Crippen LogP contribution is 2.12. The highest BCUT2D eigenvalue weighted by Gasteiger charge is 2.04. The lowest BCUT2D eigenvalue weighted by Crippen LogP contribution is -2.19. The number of aromatic nitrogens is 1. The van der Waals surface area contributed by atoms with Crippen LogP contribution in [-0.2, 0) is 9.53 Å². The van der Waals surface area contributed by atoms with Crippen molar-refractivity contribution >= 4 is 17.4 Å². The summed E-state index contributed by atoms with van der Waals surface area (Å²) in [6.45, 7) is 2.35. The summed E-state index contributed by atoms with van der Waals surface area (Å²) in [5.74, 6) is 0.120. The van der Waals surface area contributed by atoms with Gasteiger partial charge in [-0.2, -0.15) is 0 Å². The maximum atomic E-state index is 11.2. The fraction of sp³-hybridized carbons (Fsp3) is 0.333. The molecule has 0 radical (unpaired) electrons. The lowest BCUT2D eigenvalue weighted by molar-refractivity contribution is -0.120. The van der Waals surface area contributed by atoms with Crippen molar-refractivity contribution in [3.05, 3.63) is 18.3 Å². The van der Waals surface area contributed by atoms with Gasteiger partial charge in [0.15, 0.2) is 5.82 Å². The van der Waals surface area contributed by atoms with E-state index in [-0.39, 0.29) is 12.5 Å². The Bertz CT molecular complexity index is 315. The normalized spacial score (nSPS) is 9.79. The van der Waals surface area contributed by atoms with Crippen molar-refractivity contribution in [1.82, 2.24) is 4.98 Å². The average Bonchev–Trinajstić information content (AvgIpc) is 2.18. The Morgan fingerprint density at radius 3 is 3.14 bits per heavy atom. The van der Waals surface area contributed by atoms with E-state index in [0.717, 1.165) is 0 Å². The molecule has 1 aromatic rings. The Balaban J connectivity index is 2.52. The zero-order chi connectivity index (χ0) is 10.4. The number of rotatable bonds is 4. The Labute approximate surface area is 82.3 Å². The number of pyridine rings is 1. The molecule has 76 valence electrons. The van der Waals surface area contributed by atoms with E-state index in [1.165, 1.54) is 0 Å². The van der Waals surface area contributed by atoms with E-state index in [1.54, 1.807) is 18.3 Å². The summed E-state index contributed by atoms with van der Waals surface area (Å²) in [6.07, 6.45) is 1.56. The Kier molecular flexibility index (Phi) is 3.87. The summed E-state index contributed by atoms with van der Waals surface area (Å²) in [4.78, 5) is 15.1. The topological polar surface area (TPSA) is 77.2 Å². The number of nitrogens with one attached hydrogen (secondary N) is 1. The first-order valence-corrected chi connectivity index (χ1v) is 4.32. The fourth-order valence-electron chi connectivity index (χ4n) is 0.885. The third-order valence-corrected chi connectivity index (χ3v) is 1.53. The summed E-state index contributed by atoms with van der Waals surface area (Å²) in [5.41, 5.74) is 6.02. The lowest BCUT2D eigenvalue weighted by Gasteiger charge is -2.05. The molecule has 0 saturated heterocycles. The van der Waals surface area contributed by atoms with E-state index < -0.39 is 0 Å². The zero-order valence-corrected chi connectivity index (χ0v) is 7.99. The van der Waals surface area contributed by atoms with Gasteiger partial charge in [0.1, 0.15) is 6.61 Å². The predicted octanol–water partition coefficient (Wildman–Crippen LogP) is 0.639. The van der Waals surface area contributed by atoms with Gasteiger partial charge in [-0.3, -0.25) is 4.79 Å². The number of nitrogen functional groups attached to an aromatic ring is 1. The molecule has 0 spiro atoms. The van der Waals surface area contributed by atoms with Crippen LogP contribution in [0.1, 0.15) is 6.92 Å². The number of anilines is 2. The molecule has 5 heteroatoms. The van der Waals surface area contributed by atoms with Crippen LogP contribution in [-0.4, -0.2) is 24.1 Å². The first-order valence-electron chi connectivity index (χ1n) is 4.32. The van der Waals surface area contributed by atoms with Gasteiger partial charge in [-0.25, -0.2) is 4.98 Å². The minimum atomic E-state index is -0.253. The number of ether oxygens (including phenoxy) is 1. The van der Waals surface area contributed by atoms with Gasteiger partial charge in [-0.05, 0) is 19.1 Å². The average molecular weight is 195 g/mol. The Hall–Kier alpha value is -1.62. The van der Waals surface area contributed by atoms with E-state index in [4.69, 9.17) is 10.5 Å². The molecule has 0 aliphatic rings. The quantitative estimate of drug-likeness (QED) is 0.739. The van der Waals surface area contributed by atoms with Crippen LogP contribution in [0.2, 0.25) is 0 Å². The summed E-state index contributed by atoms with van der Waals surface area (Å²) in [7, 11) is 0. The highest BCUT2D eigenvalue weighted by molar-refractivity contribution is 5.93. The van der Waals surface area contributed by atoms with Gasteiger partial charge in [0, 0.05) is 12.8 Å². The minimum absolute atomic E-state index is 0.0204. The molecule has 3 N–H and O–H groups in total. The van der Waals surface area contributed by atoms with Gasteiger partial charge >= 0.3 is 0 Å². The highest BCUT2D eigenvalue weighted by atomic mass is 16.5. The van der Waals surface area contributed by atoms with Crippen molar-refractivity contribution in [3.8, 4) is 0 Å². The van der Waals surface area contributed by atoms with E-state index in [1.807, 2.05) is 6.92 Å². The van der Waals surface area contributed by atoms with Gasteiger partial charge in [0.2, 0.25) is 0 Å². The van der Waals surface area contributed by atoms with Crippen molar-refractivity contribution in [2.75, 3.05) is 24.3 Å². The van der Waals surface area contributed by atoms with Gasteiger partial charge in [0.25, 0.3) is 5.91 Å². The number of nitrogens with two attached hydrogens (primary N) is 1. The molecule has 0 saturated carbocycles. The molecule has 0 atom stereocenters. The molecular weight excluding hydrogens is 182 g/mol. The van der Waals surface area contributed by atoms with Gasteiger partial charge in [-0.15, -0.1) is 0 Å². The van der Waals surface area contributed by atoms with Gasteiger partial charge in [0.05, 0.1) is 5.69 Å². The van der Waals surface area contributed by atoms with Crippen LogP contribution < -0.4 is 11.1 Å². The van der Waals surface area contributed by atoms with Crippen molar-refractivity contribution in [3.63, 3.8) is 0 Å².